The summed E-state index contributed by atoms with van der Waals surface area (Å²) in [4.78, 5) is 18.8. The monoisotopic (exact) mass is 464 g/mol. The van der Waals surface area contributed by atoms with E-state index in [4.69, 9.17) is 0 Å². The second-order valence-corrected chi connectivity index (χ2v) is 10.6. The minimum Gasteiger partial charge on any atom is -0.322 e. The van der Waals surface area contributed by atoms with E-state index in [0.29, 0.717) is 12.6 Å². The Kier molecular flexibility index (Phi) is 7.51. The van der Waals surface area contributed by atoms with Gasteiger partial charge in [0.05, 0.1) is 11.6 Å². The van der Waals surface area contributed by atoms with E-state index in [2.05, 4.69) is 72.2 Å². The lowest BCUT2D eigenvalue weighted by Gasteiger charge is -2.40. The Hall–Kier alpha value is -2.54. The van der Waals surface area contributed by atoms with Crippen molar-refractivity contribution < 1.29 is 0 Å². The van der Waals surface area contributed by atoms with Gasteiger partial charge in [-0.1, -0.05) is 51.2 Å². The van der Waals surface area contributed by atoms with Crippen LogP contribution in [0.1, 0.15) is 102 Å². The third-order valence-electron chi connectivity index (χ3n) is 7.67. The molecule has 1 aromatic carbocycles. The van der Waals surface area contributed by atoms with Crippen LogP contribution in [0.4, 0.5) is 0 Å². The van der Waals surface area contributed by atoms with Crippen molar-refractivity contribution in [3.05, 3.63) is 51.6 Å². The van der Waals surface area contributed by atoms with Crippen LogP contribution in [0, 0.1) is 6.92 Å². The first-order valence-electron chi connectivity index (χ1n) is 13.0. The molecule has 0 bridgehead atoms. The molecule has 1 aliphatic rings. The molecule has 0 saturated heterocycles. The molecule has 1 saturated carbocycles. The van der Waals surface area contributed by atoms with Gasteiger partial charge in [0.1, 0.15) is 0 Å². The van der Waals surface area contributed by atoms with E-state index < -0.39 is 0 Å². The lowest BCUT2D eigenvalue weighted by molar-refractivity contribution is 0.0770. The molecule has 2 aromatic heterocycles. The summed E-state index contributed by atoms with van der Waals surface area (Å²) in [6.07, 6.45) is 9.00. The molecule has 1 atom stereocenters. The van der Waals surface area contributed by atoms with Gasteiger partial charge in [0.25, 0.3) is 5.56 Å². The van der Waals surface area contributed by atoms with Crippen LogP contribution in [0.25, 0.3) is 10.9 Å². The van der Waals surface area contributed by atoms with Gasteiger partial charge in [-0.15, -0.1) is 5.10 Å². The third kappa shape index (κ3) is 5.09. The quantitative estimate of drug-likeness (QED) is 0.443. The number of pyridine rings is 1. The van der Waals surface area contributed by atoms with Crippen LogP contribution in [0.3, 0.4) is 0 Å². The van der Waals surface area contributed by atoms with Gasteiger partial charge in [-0.25, -0.2) is 4.68 Å². The Bertz CT molecular complexity index is 1160. The second kappa shape index (κ2) is 10.4. The lowest BCUT2D eigenvalue weighted by Crippen LogP contribution is -2.42. The van der Waals surface area contributed by atoms with Crippen LogP contribution in [-0.2, 0) is 12.1 Å². The van der Waals surface area contributed by atoms with E-state index in [1.54, 1.807) is 0 Å². The van der Waals surface area contributed by atoms with Crippen LogP contribution in [-0.4, -0.2) is 36.1 Å². The van der Waals surface area contributed by atoms with Gasteiger partial charge >= 0.3 is 0 Å². The first-order chi connectivity index (χ1) is 16.3. The Morgan fingerprint density at radius 2 is 1.94 bits per heavy atom. The van der Waals surface area contributed by atoms with Gasteiger partial charge in [0.2, 0.25) is 0 Å². The summed E-state index contributed by atoms with van der Waals surface area (Å²) < 4.78 is 2.02. The van der Waals surface area contributed by atoms with Crippen LogP contribution in [0.2, 0.25) is 0 Å². The summed E-state index contributed by atoms with van der Waals surface area (Å²) >= 11 is 0. The maximum absolute atomic E-state index is 13.1. The Labute approximate surface area is 202 Å². The number of aromatic amines is 1. The molecule has 0 aliphatic heterocycles. The molecule has 0 unspecified atom stereocenters. The van der Waals surface area contributed by atoms with Gasteiger partial charge in [0, 0.05) is 23.7 Å². The summed E-state index contributed by atoms with van der Waals surface area (Å²) in [6, 6.07) is 8.76. The van der Waals surface area contributed by atoms with Crippen molar-refractivity contribution in [3.8, 4) is 0 Å². The van der Waals surface area contributed by atoms with E-state index >= 15 is 0 Å². The molecule has 2 heterocycles. The highest BCUT2D eigenvalue weighted by Crippen LogP contribution is 2.35. The Balaban J connectivity index is 1.78. The summed E-state index contributed by atoms with van der Waals surface area (Å²) in [7, 11) is 0. The van der Waals surface area contributed by atoms with Crippen LogP contribution >= 0.6 is 0 Å². The zero-order valence-electron chi connectivity index (χ0n) is 21.5. The average Bonchev–Trinajstić information content (AvgIpc) is 3.33. The van der Waals surface area contributed by atoms with Gasteiger partial charge in [-0.3, -0.25) is 9.69 Å². The highest BCUT2D eigenvalue weighted by Gasteiger charge is 2.35. The zero-order valence-corrected chi connectivity index (χ0v) is 21.5. The van der Waals surface area contributed by atoms with Gasteiger partial charge in [0.15, 0.2) is 5.82 Å². The van der Waals surface area contributed by atoms with Crippen molar-refractivity contribution in [2.24, 2.45) is 0 Å². The number of fused-ring (bicyclic) bond motifs is 1. The standard InChI is InChI=1S/C27H40N6O/c1-6-11-24(25-29-30-31-33(25)27(4,5)7-2)32(22-12-9-8-10-13-22)18-21-17-20-16-19(3)14-15-23(20)28-26(21)34/h14-17,22,24H,6-13,18H2,1-5H3,(H,28,34)/t24-/m0/s1. The van der Waals surface area contributed by atoms with Crippen molar-refractivity contribution in [2.45, 2.75) is 110 Å². The molecule has 7 heteroatoms. The number of tetrazole rings is 1. The number of H-pyrrole nitrogens is 1. The maximum Gasteiger partial charge on any atom is 0.252 e. The summed E-state index contributed by atoms with van der Waals surface area (Å²) in [5.74, 6) is 0.923. The average molecular weight is 465 g/mol. The van der Waals surface area contributed by atoms with Crippen molar-refractivity contribution in [3.63, 3.8) is 0 Å². The second-order valence-electron chi connectivity index (χ2n) is 10.6. The summed E-state index contributed by atoms with van der Waals surface area (Å²) in [6.45, 7) is 11.5. The molecule has 1 N–H and O–H groups in total. The number of nitrogens with zero attached hydrogens (tertiary/aromatic N) is 5. The number of hydrogen-bond acceptors (Lipinski definition) is 5. The fourth-order valence-corrected chi connectivity index (χ4v) is 5.29. The molecular formula is C27H40N6O. The van der Waals surface area contributed by atoms with E-state index in [1.165, 1.54) is 24.8 Å². The fourth-order valence-electron chi connectivity index (χ4n) is 5.29. The molecule has 7 nitrogen and oxygen atoms in total. The maximum atomic E-state index is 13.1. The molecule has 1 aliphatic carbocycles. The van der Waals surface area contributed by atoms with Gasteiger partial charge < -0.3 is 4.98 Å². The minimum absolute atomic E-state index is 0.000825. The first kappa shape index (κ1) is 24.6. The molecular weight excluding hydrogens is 424 g/mol. The van der Waals surface area contributed by atoms with Crippen LogP contribution < -0.4 is 5.56 Å². The molecule has 0 radical (unpaired) electrons. The SMILES string of the molecule is CCC[C@@H](c1nnnn1C(C)(C)CC)N(Cc1cc2cc(C)ccc2[nH]c1=O)C1CCCCC1. The Morgan fingerprint density at radius 3 is 2.65 bits per heavy atom. The molecule has 184 valence electrons. The van der Waals surface area contributed by atoms with E-state index in [-0.39, 0.29) is 17.1 Å². The highest BCUT2D eigenvalue weighted by molar-refractivity contribution is 5.79. The van der Waals surface area contributed by atoms with Crippen LogP contribution in [0.5, 0.6) is 0 Å². The van der Waals surface area contributed by atoms with Crippen molar-refractivity contribution in [2.75, 3.05) is 0 Å². The molecule has 4 rings (SSSR count). The number of rotatable bonds is 9. The van der Waals surface area contributed by atoms with E-state index in [0.717, 1.165) is 54.4 Å². The zero-order chi connectivity index (χ0) is 24.3. The number of nitrogens with one attached hydrogen (secondary N) is 1. The highest BCUT2D eigenvalue weighted by atomic mass is 16.1. The number of aryl methyl sites for hydroxylation is 1. The molecule has 3 aromatic rings. The van der Waals surface area contributed by atoms with E-state index in [1.807, 2.05) is 16.8 Å². The topological polar surface area (TPSA) is 79.7 Å². The summed E-state index contributed by atoms with van der Waals surface area (Å²) in [5, 5.41) is 14.2. The molecule has 0 amide bonds. The lowest BCUT2D eigenvalue weighted by atomic mass is 9.91. The Morgan fingerprint density at radius 1 is 1.18 bits per heavy atom. The van der Waals surface area contributed by atoms with Gasteiger partial charge in [-0.2, -0.15) is 0 Å². The third-order valence-corrected chi connectivity index (χ3v) is 7.67. The molecule has 34 heavy (non-hydrogen) atoms. The molecule has 0 spiro atoms. The minimum atomic E-state index is -0.166. The predicted molar refractivity (Wildman–Crippen MR) is 137 cm³/mol. The first-order valence-corrected chi connectivity index (χ1v) is 13.0. The van der Waals surface area contributed by atoms with Gasteiger partial charge in [-0.05, 0) is 80.5 Å². The predicted octanol–water partition coefficient (Wildman–Crippen LogP) is 5.64. The number of benzene rings is 1. The van der Waals surface area contributed by atoms with E-state index in [9.17, 15) is 4.79 Å². The number of hydrogen-bond donors (Lipinski definition) is 1. The smallest absolute Gasteiger partial charge is 0.252 e. The molecule has 1 fully saturated rings. The van der Waals surface area contributed by atoms with Crippen LogP contribution in [0.15, 0.2) is 29.1 Å². The van der Waals surface area contributed by atoms with Crippen molar-refractivity contribution >= 4 is 10.9 Å². The normalized spacial score (nSPS) is 16.4. The fraction of sp³-hybridized carbons (Fsp3) is 0.630. The largest absolute Gasteiger partial charge is 0.322 e. The number of aromatic nitrogens is 5. The van der Waals surface area contributed by atoms with Crippen molar-refractivity contribution in [1.82, 2.24) is 30.1 Å². The van der Waals surface area contributed by atoms with Crippen molar-refractivity contribution in [1.29, 1.82) is 0 Å². The summed E-state index contributed by atoms with van der Waals surface area (Å²) in [5.41, 5.74) is 2.74.